The lowest BCUT2D eigenvalue weighted by atomic mass is 9.98. The minimum Gasteiger partial charge on any atom is -0.338 e. The van der Waals surface area contributed by atoms with Gasteiger partial charge in [-0.25, -0.2) is 0 Å². The zero-order valence-electron chi connectivity index (χ0n) is 12.6. The van der Waals surface area contributed by atoms with Crippen molar-refractivity contribution >= 4 is 29.1 Å². The zero-order valence-corrected chi connectivity index (χ0v) is 14.1. The van der Waals surface area contributed by atoms with Gasteiger partial charge in [0.05, 0.1) is 0 Å². The molecule has 1 heterocycles. The molecule has 3 rings (SSSR count). The predicted molar refractivity (Wildman–Crippen MR) is 93.6 cm³/mol. The van der Waals surface area contributed by atoms with Crippen LogP contribution in [0.2, 0.25) is 10.0 Å². The molecule has 0 aliphatic carbocycles. The molecule has 3 nitrogen and oxygen atoms in total. The lowest BCUT2D eigenvalue weighted by Crippen LogP contribution is -2.37. The van der Waals surface area contributed by atoms with E-state index in [0.717, 1.165) is 23.1 Å². The lowest BCUT2D eigenvalue weighted by Gasteiger charge is -2.30. The molecule has 0 aromatic heterocycles. The first-order chi connectivity index (χ1) is 11.0. The van der Waals surface area contributed by atoms with Crippen molar-refractivity contribution in [3.05, 3.63) is 69.2 Å². The largest absolute Gasteiger partial charge is 0.338 e. The van der Waals surface area contributed by atoms with Gasteiger partial charge < -0.3 is 10.6 Å². The molecule has 0 radical (unpaired) electrons. The molecule has 5 heteroatoms. The number of benzene rings is 2. The second-order valence-electron chi connectivity index (χ2n) is 5.81. The maximum absolute atomic E-state index is 12.5. The van der Waals surface area contributed by atoms with Gasteiger partial charge in [0.25, 0.3) is 0 Å². The van der Waals surface area contributed by atoms with Crippen LogP contribution in [0.4, 0.5) is 0 Å². The Bertz CT molecular complexity index is 718. The smallest absolute Gasteiger partial charge is 0.224 e. The first kappa shape index (κ1) is 16.3. The van der Waals surface area contributed by atoms with Crippen molar-refractivity contribution in [3.8, 4) is 0 Å². The Kier molecular flexibility index (Phi) is 4.90. The number of halogens is 2. The minimum atomic E-state index is -0.286. The molecule has 0 saturated heterocycles. The summed E-state index contributed by atoms with van der Waals surface area (Å²) >= 11 is 12.3. The fraction of sp³-hybridized carbons (Fsp3) is 0.278. The summed E-state index contributed by atoms with van der Waals surface area (Å²) < 4.78 is 0. The van der Waals surface area contributed by atoms with Gasteiger partial charge in [-0.3, -0.25) is 4.79 Å². The van der Waals surface area contributed by atoms with E-state index in [2.05, 4.69) is 0 Å². The first-order valence-electron chi connectivity index (χ1n) is 7.59. The second kappa shape index (κ2) is 6.91. The maximum Gasteiger partial charge on any atom is 0.224 e. The van der Waals surface area contributed by atoms with E-state index in [4.69, 9.17) is 28.9 Å². The van der Waals surface area contributed by atoms with Gasteiger partial charge in [-0.15, -0.1) is 0 Å². The average Bonchev–Trinajstić information content (AvgIpc) is 2.55. The Morgan fingerprint density at radius 1 is 1.22 bits per heavy atom. The van der Waals surface area contributed by atoms with E-state index in [-0.39, 0.29) is 11.9 Å². The molecular weight excluding hydrogens is 331 g/mol. The van der Waals surface area contributed by atoms with Gasteiger partial charge in [0.2, 0.25) is 5.91 Å². The summed E-state index contributed by atoms with van der Waals surface area (Å²) in [5, 5.41) is 1.26. The monoisotopic (exact) mass is 348 g/mol. The highest BCUT2D eigenvalue weighted by Gasteiger charge is 2.24. The standard InChI is InChI=1S/C18H18Cl2N2O/c19-14-8-13-6-7-22(11-15(13)16(20)9-14)18(23)10-17(21)12-4-2-1-3-5-12/h1-5,8-9,17H,6-7,10-11,21H2. The lowest BCUT2D eigenvalue weighted by molar-refractivity contribution is -0.132. The van der Waals surface area contributed by atoms with E-state index in [1.807, 2.05) is 41.3 Å². The third-order valence-corrected chi connectivity index (χ3v) is 4.78. The van der Waals surface area contributed by atoms with Gasteiger partial charge in [-0.05, 0) is 35.2 Å². The quantitative estimate of drug-likeness (QED) is 0.912. The van der Waals surface area contributed by atoms with Crippen LogP contribution < -0.4 is 5.73 Å². The number of fused-ring (bicyclic) bond motifs is 1. The molecule has 120 valence electrons. The van der Waals surface area contributed by atoms with Crippen molar-refractivity contribution in [2.24, 2.45) is 5.73 Å². The molecule has 0 spiro atoms. The fourth-order valence-electron chi connectivity index (χ4n) is 2.93. The number of rotatable bonds is 3. The van der Waals surface area contributed by atoms with Crippen LogP contribution in [0.1, 0.15) is 29.2 Å². The number of nitrogens with zero attached hydrogens (tertiary/aromatic N) is 1. The number of nitrogens with two attached hydrogens (primary N) is 1. The molecule has 0 bridgehead atoms. The summed E-state index contributed by atoms with van der Waals surface area (Å²) in [6.07, 6.45) is 1.06. The number of carbonyl (C=O) groups is 1. The predicted octanol–water partition coefficient (Wildman–Crippen LogP) is 3.97. The maximum atomic E-state index is 12.5. The molecule has 0 fully saturated rings. The third-order valence-electron chi connectivity index (χ3n) is 4.23. The first-order valence-corrected chi connectivity index (χ1v) is 8.35. The fourth-order valence-corrected chi connectivity index (χ4v) is 3.53. The molecule has 2 N–H and O–H groups in total. The topological polar surface area (TPSA) is 46.3 Å². The van der Waals surface area contributed by atoms with Crippen LogP contribution in [-0.2, 0) is 17.8 Å². The van der Waals surface area contributed by atoms with E-state index < -0.39 is 0 Å². The Morgan fingerprint density at radius 3 is 2.70 bits per heavy atom. The molecule has 1 amide bonds. The van der Waals surface area contributed by atoms with E-state index >= 15 is 0 Å². The SMILES string of the molecule is NC(CC(=O)N1CCc2cc(Cl)cc(Cl)c2C1)c1ccccc1. The minimum absolute atomic E-state index is 0.0537. The van der Waals surface area contributed by atoms with Crippen molar-refractivity contribution in [2.75, 3.05) is 6.54 Å². The van der Waals surface area contributed by atoms with Crippen LogP contribution in [-0.4, -0.2) is 17.4 Å². The summed E-state index contributed by atoms with van der Waals surface area (Å²) in [6, 6.07) is 13.1. The van der Waals surface area contributed by atoms with E-state index in [1.165, 1.54) is 0 Å². The number of amides is 1. The van der Waals surface area contributed by atoms with Crippen LogP contribution in [0.5, 0.6) is 0 Å². The van der Waals surface area contributed by atoms with Crippen LogP contribution >= 0.6 is 23.2 Å². The number of carbonyl (C=O) groups excluding carboxylic acids is 1. The molecule has 1 aliphatic rings. The molecule has 0 saturated carbocycles. The normalized spacial score (nSPS) is 15.2. The highest BCUT2D eigenvalue weighted by atomic mass is 35.5. The highest BCUT2D eigenvalue weighted by Crippen LogP contribution is 2.30. The summed E-state index contributed by atoms with van der Waals surface area (Å²) in [5.74, 6) is 0.0537. The highest BCUT2D eigenvalue weighted by molar-refractivity contribution is 6.35. The molecule has 1 unspecified atom stereocenters. The third kappa shape index (κ3) is 3.69. The van der Waals surface area contributed by atoms with Crippen LogP contribution in [0.15, 0.2) is 42.5 Å². The zero-order chi connectivity index (χ0) is 16.4. The van der Waals surface area contributed by atoms with E-state index in [0.29, 0.717) is 29.6 Å². The molecule has 23 heavy (non-hydrogen) atoms. The van der Waals surface area contributed by atoms with Gasteiger partial charge >= 0.3 is 0 Å². The Balaban J connectivity index is 1.70. The van der Waals surface area contributed by atoms with Crippen molar-refractivity contribution < 1.29 is 4.79 Å². The molecule has 2 aromatic rings. The van der Waals surface area contributed by atoms with Crippen molar-refractivity contribution in [2.45, 2.75) is 25.4 Å². The van der Waals surface area contributed by atoms with Gasteiger partial charge in [0.1, 0.15) is 0 Å². The van der Waals surface area contributed by atoms with Crippen molar-refractivity contribution in [3.63, 3.8) is 0 Å². The molecule has 1 aliphatic heterocycles. The summed E-state index contributed by atoms with van der Waals surface area (Å²) in [5.41, 5.74) is 9.24. The van der Waals surface area contributed by atoms with Gasteiger partial charge in [-0.1, -0.05) is 53.5 Å². The Labute approximate surface area is 146 Å². The number of hydrogen-bond donors (Lipinski definition) is 1. The van der Waals surface area contributed by atoms with E-state index in [1.54, 1.807) is 6.07 Å². The van der Waals surface area contributed by atoms with Gasteiger partial charge in [0, 0.05) is 35.6 Å². The van der Waals surface area contributed by atoms with Crippen LogP contribution in [0.25, 0.3) is 0 Å². The summed E-state index contributed by atoms with van der Waals surface area (Å²) in [4.78, 5) is 14.4. The van der Waals surface area contributed by atoms with Crippen molar-refractivity contribution in [1.82, 2.24) is 4.90 Å². The Morgan fingerprint density at radius 2 is 1.96 bits per heavy atom. The molecule has 2 aromatic carbocycles. The Hall–Kier alpha value is -1.55. The van der Waals surface area contributed by atoms with Crippen molar-refractivity contribution in [1.29, 1.82) is 0 Å². The van der Waals surface area contributed by atoms with Crippen LogP contribution in [0.3, 0.4) is 0 Å². The molecular formula is C18H18Cl2N2O. The van der Waals surface area contributed by atoms with Gasteiger partial charge in [0.15, 0.2) is 0 Å². The van der Waals surface area contributed by atoms with Crippen LogP contribution in [0, 0.1) is 0 Å². The summed E-state index contributed by atoms with van der Waals surface area (Å²) in [7, 11) is 0. The van der Waals surface area contributed by atoms with Gasteiger partial charge in [-0.2, -0.15) is 0 Å². The second-order valence-corrected chi connectivity index (χ2v) is 6.66. The average molecular weight is 349 g/mol. The van der Waals surface area contributed by atoms with E-state index in [9.17, 15) is 4.79 Å². The molecule has 1 atom stereocenters. The number of hydrogen-bond acceptors (Lipinski definition) is 2. The summed E-state index contributed by atoms with van der Waals surface area (Å²) in [6.45, 7) is 1.19.